The molecule has 0 aromatic rings. The van der Waals surface area contributed by atoms with E-state index in [2.05, 4.69) is 43.5 Å². The lowest BCUT2D eigenvalue weighted by Crippen LogP contribution is -2.45. The molecule has 0 aromatic carbocycles. The highest BCUT2D eigenvalue weighted by atomic mass is 31.2. The summed E-state index contributed by atoms with van der Waals surface area (Å²) < 4.78 is 23.1. The van der Waals surface area contributed by atoms with Gasteiger partial charge >= 0.3 is 0 Å². The highest BCUT2D eigenvalue weighted by molar-refractivity contribution is 7.45. The highest BCUT2D eigenvalue weighted by Crippen LogP contribution is 2.38. The fourth-order valence-corrected chi connectivity index (χ4v) is 7.85. The summed E-state index contributed by atoms with van der Waals surface area (Å²) in [6, 6.07) is -0.905. The minimum Gasteiger partial charge on any atom is -0.756 e. The lowest BCUT2D eigenvalue weighted by molar-refractivity contribution is -0.870. The molecule has 2 N–H and O–H groups in total. The second-order valence-electron chi connectivity index (χ2n) is 18.2. The molecular weight excluding hydrogens is 756 g/mol. The second kappa shape index (κ2) is 42.0. The molecule has 0 aliphatic carbocycles. The summed E-state index contributed by atoms with van der Waals surface area (Å²) in [7, 11) is 1.24. The van der Waals surface area contributed by atoms with Gasteiger partial charge in [0.15, 0.2) is 0 Å². The Kier molecular flexibility index (Phi) is 41.1. The van der Waals surface area contributed by atoms with Crippen molar-refractivity contribution in [1.29, 1.82) is 0 Å². The van der Waals surface area contributed by atoms with Gasteiger partial charge in [-0.1, -0.05) is 211 Å². The van der Waals surface area contributed by atoms with E-state index in [-0.39, 0.29) is 12.5 Å². The topological polar surface area (TPSA) is 108 Å². The molecule has 0 aliphatic rings. The van der Waals surface area contributed by atoms with Crippen molar-refractivity contribution in [1.82, 2.24) is 5.32 Å². The van der Waals surface area contributed by atoms with E-state index in [0.29, 0.717) is 17.4 Å². The average Bonchev–Trinajstić information content (AvgIpc) is 3.19. The number of aliphatic hydroxyl groups is 1. The number of amides is 1. The molecule has 0 aliphatic heterocycles. The van der Waals surface area contributed by atoms with Gasteiger partial charge in [0.2, 0.25) is 5.91 Å². The van der Waals surface area contributed by atoms with Crippen LogP contribution in [-0.2, 0) is 18.4 Å². The van der Waals surface area contributed by atoms with Crippen LogP contribution in [0.5, 0.6) is 0 Å². The van der Waals surface area contributed by atoms with Gasteiger partial charge in [0.1, 0.15) is 13.2 Å². The van der Waals surface area contributed by atoms with Gasteiger partial charge in [-0.05, 0) is 44.9 Å². The van der Waals surface area contributed by atoms with E-state index in [0.717, 1.165) is 44.9 Å². The lowest BCUT2D eigenvalue weighted by Gasteiger charge is -2.29. The van der Waals surface area contributed by atoms with Crippen molar-refractivity contribution in [2.45, 2.75) is 238 Å². The molecular formula is C50H97N2O6P. The fraction of sp³-hybridized carbons (Fsp3) is 0.860. The smallest absolute Gasteiger partial charge is 0.268 e. The van der Waals surface area contributed by atoms with E-state index in [1.54, 1.807) is 6.08 Å². The second-order valence-corrected chi connectivity index (χ2v) is 19.6. The van der Waals surface area contributed by atoms with Crippen molar-refractivity contribution in [3.8, 4) is 0 Å². The predicted molar refractivity (Wildman–Crippen MR) is 251 cm³/mol. The summed E-state index contributed by atoms with van der Waals surface area (Å²) >= 11 is 0. The zero-order valence-corrected chi connectivity index (χ0v) is 40.4. The monoisotopic (exact) mass is 853 g/mol. The van der Waals surface area contributed by atoms with Crippen LogP contribution in [0.4, 0.5) is 0 Å². The molecule has 0 bridgehead atoms. The number of nitrogens with zero attached hydrogens (tertiary/aromatic N) is 1. The van der Waals surface area contributed by atoms with Crippen LogP contribution >= 0.6 is 7.82 Å². The molecule has 0 heterocycles. The number of carbonyl (C=O) groups excluding carboxylic acids is 1. The van der Waals surface area contributed by atoms with Crippen LogP contribution in [0.25, 0.3) is 0 Å². The maximum Gasteiger partial charge on any atom is 0.268 e. The van der Waals surface area contributed by atoms with E-state index >= 15 is 0 Å². The van der Waals surface area contributed by atoms with Crippen molar-refractivity contribution in [3.05, 3.63) is 36.5 Å². The summed E-state index contributed by atoms with van der Waals surface area (Å²) in [6.07, 6.45) is 52.3. The summed E-state index contributed by atoms with van der Waals surface area (Å²) in [4.78, 5) is 25.2. The Morgan fingerprint density at radius 1 is 0.576 bits per heavy atom. The first-order valence-electron chi connectivity index (χ1n) is 24.9. The maximum atomic E-state index is 12.8. The third-order valence-corrected chi connectivity index (χ3v) is 12.0. The van der Waals surface area contributed by atoms with Crippen LogP contribution < -0.4 is 10.2 Å². The summed E-state index contributed by atoms with van der Waals surface area (Å²) in [5, 5.41) is 13.7. The van der Waals surface area contributed by atoms with Crippen LogP contribution in [0, 0.1) is 0 Å². The normalized spacial score (nSPS) is 14.5. The van der Waals surface area contributed by atoms with Gasteiger partial charge in [0, 0.05) is 6.42 Å². The number of quaternary nitrogens is 1. The van der Waals surface area contributed by atoms with Crippen molar-refractivity contribution >= 4 is 13.7 Å². The van der Waals surface area contributed by atoms with E-state index in [1.165, 1.54) is 161 Å². The Morgan fingerprint density at radius 3 is 1.37 bits per heavy atom. The summed E-state index contributed by atoms with van der Waals surface area (Å²) in [5.41, 5.74) is 0. The zero-order chi connectivity index (χ0) is 43.6. The minimum absolute atomic E-state index is 0.00813. The number of carbonyl (C=O) groups is 1. The Morgan fingerprint density at radius 2 is 0.949 bits per heavy atom. The average molecular weight is 853 g/mol. The molecule has 1 amide bonds. The minimum atomic E-state index is -4.59. The number of allylic oxidation sites excluding steroid dienone is 5. The van der Waals surface area contributed by atoms with Crippen molar-refractivity contribution < 1.29 is 32.9 Å². The Hall–Kier alpha value is -1.28. The first kappa shape index (κ1) is 57.7. The molecule has 3 unspecified atom stereocenters. The molecule has 0 aromatic heterocycles. The Balaban J connectivity index is 4.21. The molecule has 0 rings (SSSR count). The predicted octanol–water partition coefficient (Wildman–Crippen LogP) is 13.6. The quantitative estimate of drug-likeness (QED) is 0.0273. The van der Waals surface area contributed by atoms with E-state index in [4.69, 9.17) is 9.05 Å². The molecule has 8 nitrogen and oxygen atoms in total. The maximum absolute atomic E-state index is 12.8. The van der Waals surface area contributed by atoms with Crippen molar-refractivity contribution in [3.63, 3.8) is 0 Å². The molecule has 348 valence electrons. The molecule has 3 atom stereocenters. The van der Waals surface area contributed by atoms with Crippen LogP contribution in [0.1, 0.15) is 226 Å². The zero-order valence-electron chi connectivity index (χ0n) is 39.5. The third kappa shape index (κ3) is 44.6. The number of hydrogen-bond donors (Lipinski definition) is 2. The van der Waals surface area contributed by atoms with Crippen molar-refractivity contribution in [2.75, 3.05) is 40.9 Å². The van der Waals surface area contributed by atoms with Gasteiger partial charge in [0.05, 0.1) is 39.9 Å². The first-order valence-corrected chi connectivity index (χ1v) is 26.3. The fourth-order valence-electron chi connectivity index (χ4n) is 7.13. The van der Waals surface area contributed by atoms with E-state index in [1.807, 2.05) is 27.2 Å². The third-order valence-electron chi connectivity index (χ3n) is 11.1. The van der Waals surface area contributed by atoms with Crippen LogP contribution in [0.3, 0.4) is 0 Å². The van der Waals surface area contributed by atoms with E-state index in [9.17, 15) is 19.4 Å². The van der Waals surface area contributed by atoms with Gasteiger partial charge in [-0.25, -0.2) is 0 Å². The largest absolute Gasteiger partial charge is 0.756 e. The SMILES string of the molecule is CCCCCCCCCCCCCCCCCCCC/C=C/CC/C=C/CC/C=C/C(O)C(COP(=O)([O-])OCC[N+](C)(C)C)NC(=O)CCCCCCCCCCC. The number of rotatable bonds is 45. The molecule has 0 radical (unpaired) electrons. The lowest BCUT2D eigenvalue weighted by atomic mass is 10.0. The van der Waals surface area contributed by atoms with Gasteiger partial charge in [0.25, 0.3) is 7.82 Å². The van der Waals surface area contributed by atoms with Gasteiger partial charge in [-0.2, -0.15) is 0 Å². The number of aliphatic hydroxyl groups excluding tert-OH is 1. The van der Waals surface area contributed by atoms with Crippen LogP contribution in [0.15, 0.2) is 36.5 Å². The highest BCUT2D eigenvalue weighted by Gasteiger charge is 2.23. The summed E-state index contributed by atoms with van der Waals surface area (Å²) in [5.74, 6) is -0.215. The van der Waals surface area contributed by atoms with Gasteiger partial charge in [-0.15, -0.1) is 0 Å². The Labute approximate surface area is 366 Å². The number of nitrogens with one attached hydrogen (secondary N) is 1. The van der Waals surface area contributed by atoms with Gasteiger partial charge < -0.3 is 28.8 Å². The summed E-state index contributed by atoms with van der Waals surface area (Å²) in [6.45, 7) is 4.60. The van der Waals surface area contributed by atoms with Crippen LogP contribution in [-0.4, -0.2) is 68.5 Å². The number of hydrogen-bond acceptors (Lipinski definition) is 6. The number of likely N-dealkylation sites (N-methyl/N-ethyl adjacent to an activating group) is 1. The standard InChI is InChI=1S/C50H97N2O6P/c1-6-8-10-12-14-16-17-18-19-20-21-22-23-24-25-26-27-28-29-30-31-32-33-34-36-37-39-41-43-49(53)48(47-58-59(55,56)57-46-45-52(3,4)5)51-50(54)44-42-40-38-35-15-13-11-9-7-2/h30-31,34,36,41,43,48-49,53H,6-29,32-33,35,37-40,42,44-47H2,1-5H3,(H-,51,54,55,56)/b31-30+,36-34+,43-41+. The molecule has 0 saturated carbocycles. The Bertz CT molecular complexity index is 1060. The molecule has 9 heteroatoms. The molecule has 0 saturated heterocycles. The number of phosphoric acid groups is 1. The van der Waals surface area contributed by atoms with E-state index < -0.39 is 26.6 Å². The van der Waals surface area contributed by atoms with Gasteiger partial charge in [-0.3, -0.25) is 9.36 Å². The number of unbranched alkanes of at least 4 members (excludes halogenated alkanes) is 28. The number of phosphoric ester groups is 1. The molecule has 0 fully saturated rings. The first-order chi connectivity index (χ1) is 28.5. The van der Waals surface area contributed by atoms with Crippen LogP contribution in [0.2, 0.25) is 0 Å². The molecule has 0 spiro atoms. The molecule has 59 heavy (non-hydrogen) atoms. The van der Waals surface area contributed by atoms with Crippen molar-refractivity contribution in [2.24, 2.45) is 0 Å².